The Balaban J connectivity index is 2.03. The van der Waals surface area contributed by atoms with Gasteiger partial charge in [-0.1, -0.05) is 25.4 Å². The van der Waals surface area contributed by atoms with Crippen LogP contribution in [-0.4, -0.2) is 20.6 Å². The first-order chi connectivity index (χ1) is 12.2. The maximum Gasteiger partial charge on any atom is 0.289 e. The number of amides is 1. The Morgan fingerprint density at radius 1 is 1.38 bits per heavy atom. The number of hydrogen-bond donors (Lipinski definition) is 1. The summed E-state index contributed by atoms with van der Waals surface area (Å²) >= 11 is 5.78. The lowest BCUT2D eigenvalue weighted by molar-refractivity contribution is -0.384. The van der Waals surface area contributed by atoms with Crippen molar-refractivity contribution in [2.75, 3.05) is 5.32 Å². The van der Waals surface area contributed by atoms with E-state index in [-0.39, 0.29) is 23.0 Å². The van der Waals surface area contributed by atoms with Gasteiger partial charge in [0.25, 0.3) is 5.69 Å². The van der Waals surface area contributed by atoms with E-state index in [0.717, 1.165) is 23.5 Å². The van der Waals surface area contributed by atoms with Crippen LogP contribution in [0.1, 0.15) is 37.2 Å². The summed E-state index contributed by atoms with van der Waals surface area (Å²) in [6.45, 7) is 9.06. The number of nitro groups is 1. The molecule has 2 rings (SSSR count). The van der Waals surface area contributed by atoms with Crippen molar-refractivity contribution in [2.45, 2.75) is 47.1 Å². The molecule has 1 aromatic heterocycles. The number of aryl methyl sites for hydroxylation is 1. The number of benzene rings is 1. The molecule has 0 radical (unpaired) electrons. The third kappa shape index (κ3) is 4.82. The first-order valence-corrected chi connectivity index (χ1v) is 8.83. The number of rotatable bonds is 7. The average Bonchev–Trinajstić information content (AvgIpc) is 2.80. The molecule has 7 nitrogen and oxygen atoms in total. The minimum absolute atomic E-state index is 0.0387. The Bertz CT molecular complexity index is 830. The van der Waals surface area contributed by atoms with Crippen molar-refractivity contribution in [1.29, 1.82) is 0 Å². The maximum atomic E-state index is 12.2. The monoisotopic (exact) mass is 378 g/mol. The van der Waals surface area contributed by atoms with E-state index in [9.17, 15) is 14.9 Å². The molecule has 1 amide bonds. The molecule has 0 unspecified atom stereocenters. The van der Waals surface area contributed by atoms with Gasteiger partial charge in [0.1, 0.15) is 5.02 Å². The normalized spacial score (nSPS) is 11.0. The fraction of sp³-hybridized carbons (Fsp3) is 0.444. The van der Waals surface area contributed by atoms with Crippen LogP contribution in [0.4, 0.5) is 11.4 Å². The van der Waals surface area contributed by atoms with Crippen LogP contribution in [0.5, 0.6) is 0 Å². The van der Waals surface area contributed by atoms with E-state index in [1.807, 2.05) is 18.5 Å². The average molecular weight is 379 g/mol. The molecule has 0 fully saturated rings. The molecule has 1 aromatic carbocycles. The highest BCUT2D eigenvalue weighted by molar-refractivity contribution is 6.32. The zero-order chi connectivity index (χ0) is 19.4. The van der Waals surface area contributed by atoms with Gasteiger partial charge in [-0.15, -0.1) is 0 Å². The van der Waals surface area contributed by atoms with Crippen LogP contribution >= 0.6 is 11.6 Å². The predicted molar refractivity (Wildman–Crippen MR) is 102 cm³/mol. The Labute approximate surface area is 157 Å². The summed E-state index contributed by atoms with van der Waals surface area (Å²) in [6, 6.07) is 4.21. The van der Waals surface area contributed by atoms with Crippen molar-refractivity contribution < 1.29 is 9.72 Å². The Hall–Kier alpha value is -2.41. The summed E-state index contributed by atoms with van der Waals surface area (Å²) in [7, 11) is 0. The summed E-state index contributed by atoms with van der Waals surface area (Å²) in [6.07, 6.45) is 0.836. The zero-order valence-corrected chi connectivity index (χ0v) is 16.1. The molecule has 8 heteroatoms. The number of anilines is 1. The van der Waals surface area contributed by atoms with Crippen molar-refractivity contribution >= 4 is 28.9 Å². The van der Waals surface area contributed by atoms with Gasteiger partial charge in [-0.3, -0.25) is 19.6 Å². The maximum absolute atomic E-state index is 12.2. The second kappa shape index (κ2) is 8.31. The summed E-state index contributed by atoms with van der Waals surface area (Å²) in [5, 5.41) is 18.2. The highest BCUT2D eigenvalue weighted by Crippen LogP contribution is 2.27. The second-order valence-electron chi connectivity index (χ2n) is 6.70. The number of nitrogens with one attached hydrogen (secondary N) is 1. The molecule has 0 aliphatic carbocycles. The number of nitro benzene ring substituents is 1. The third-order valence-electron chi connectivity index (χ3n) is 4.10. The first kappa shape index (κ1) is 19.9. The van der Waals surface area contributed by atoms with E-state index in [1.54, 1.807) is 6.07 Å². The van der Waals surface area contributed by atoms with Gasteiger partial charge in [0.15, 0.2) is 0 Å². The largest absolute Gasteiger partial charge is 0.326 e. The SMILES string of the molecule is Cc1nn(CC(C)C)c(C)c1CCC(=O)Nc1ccc(Cl)c([N+](=O)[O-])c1. The molecule has 26 heavy (non-hydrogen) atoms. The fourth-order valence-corrected chi connectivity index (χ4v) is 3.00. The van der Waals surface area contributed by atoms with Crippen LogP contribution in [0.2, 0.25) is 5.02 Å². The van der Waals surface area contributed by atoms with Gasteiger partial charge in [0.2, 0.25) is 5.91 Å². The van der Waals surface area contributed by atoms with Crippen LogP contribution in [0.3, 0.4) is 0 Å². The first-order valence-electron chi connectivity index (χ1n) is 8.45. The quantitative estimate of drug-likeness (QED) is 0.574. The van der Waals surface area contributed by atoms with Crippen LogP contribution in [0, 0.1) is 29.9 Å². The molecule has 1 heterocycles. The van der Waals surface area contributed by atoms with Gasteiger partial charge in [-0.25, -0.2) is 0 Å². The Kier molecular flexibility index (Phi) is 6.37. The van der Waals surface area contributed by atoms with E-state index >= 15 is 0 Å². The highest BCUT2D eigenvalue weighted by Gasteiger charge is 2.16. The molecular formula is C18H23ClN4O3. The van der Waals surface area contributed by atoms with E-state index in [0.29, 0.717) is 18.0 Å². The summed E-state index contributed by atoms with van der Waals surface area (Å²) in [4.78, 5) is 22.6. The van der Waals surface area contributed by atoms with Gasteiger partial charge >= 0.3 is 0 Å². The van der Waals surface area contributed by atoms with Crippen LogP contribution in [-0.2, 0) is 17.8 Å². The molecule has 2 aromatic rings. The summed E-state index contributed by atoms with van der Waals surface area (Å²) < 4.78 is 1.98. The van der Waals surface area contributed by atoms with E-state index in [1.165, 1.54) is 12.1 Å². The zero-order valence-electron chi connectivity index (χ0n) is 15.4. The second-order valence-corrected chi connectivity index (χ2v) is 7.10. The van der Waals surface area contributed by atoms with Crippen molar-refractivity contribution in [2.24, 2.45) is 5.92 Å². The Morgan fingerprint density at radius 2 is 2.08 bits per heavy atom. The molecule has 0 saturated carbocycles. The third-order valence-corrected chi connectivity index (χ3v) is 4.42. The van der Waals surface area contributed by atoms with Gasteiger partial charge < -0.3 is 5.32 Å². The standard InChI is InChI=1S/C18H23ClN4O3/c1-11(2)10-22-13(4)15(12(3)21-22)6-8-18(24)20-14-5-7-16(19)17(9-14)23(25)26/h5,7,9,11H,6,8,10H2,1-4H3,(H,20,24). The van der Waals surface area contributed by atoms with Gasteiger partial charge in [-0.2, -0.15) is 5.10 Å². The molecule has 140 valence electrons. The number of aromatic nitrogens is 2. The topological polar surface area (TPSA) is 90.1 Å². The molecule has 0 atom stereocenters. The van der Waals surface area contributed by atoms with Crippen molar-refractivity contribution in [3.63, 3.8) is 0 Å². The highest BCUT2D eigenvalue weighted by atomic mass is 35.5. The lowest BCUT2D eigenvalue weighted by Gasteiger charge is -2.08. The molecular weight excluding hydrogens is 356 g/mol. The van der Waals surface area contributed by atoms with Gasteiger partial charge in [0, 0.05) is 30.4 Å². The van der Waals surface area contributed by atoms with Crippen molar-refractivity contribution in [3.8, 4) is 0 Å². The molecule has 0 aliphatic heterocycles. The summed E-state index contributed by atoms with van der Waals surface area (Å²) in [5.41, 5.74) is 3.20. The predicted octanol–water partition coefficient (Wildman–Crippen LogP) is 4.29. The smallest absolute Gasteiger partial charge is 0.289 e. The molecule has 0 saturated heterocycles. The van der Waals surface area contributed by atoms with Crippen LogP contribution in [0.25, 0.3) is 0 Å². The van der Waals surface area contributed by atoms with Crippen LogP contribution in [0.15, 0.2) is 18.2 Å². The number of hydrogen-bond acceptors (Lipinski definition) is 4. The summed E-state index contributed by atoms with van der Waals surface area (Å²) in [5.74, 6) is 0.280. The minimum atomic E-state index is -0.576. The van der Waals surface area contributed by atoms with Crippen molar-refractivity contribution in [3.05, 3.63) is 50.3 Å². The number of nitrogens with zero attached hydrogens (tertiary/aromatic N) is 3. The number of carbonyl (C=O) groups excluding carboxylic acids is 1. The molecule has 0 bridgehead atoms. The lowest BCUT2D eigenvalue weighted by Crippen LogP contribution is -2.13. The molecule has 0 spiro atoms. The van der Waals surface area contributed by atoms with Crippen molar-refractivity contribution in [1.82, 2.24) is 9.78 Å². The minimum Gasteiger partial charge on any atom is -0.326 e. The fourth-order valence-electron chi connectivity index (χ4n) is 2.81. The van der Waals surface area contributed by atoms with Crippen LogP contribution < -0.4 is 5.32 Å². The molecule has 0 aliphatic rings. The van der Waals surface area contributed by atoms with E-state index in [2.05, 4.69) is 24.3 Å². The van der Waals surface area contributed by atoms with E-state index in [4.69, 9.17) is 11.6 Å². The molecule has 1 N–H and O–H groups in total. The number of halogens is 1. The van der Waals surface area contributed by atoms with Gasteiger partial charge in [0.05, 0.1) is 10.6 Å². The van der Waals surface area contributed by atoms with Gasteiger partial charge in [-0.05, 0) is 43.9 Å². The lowest BCUT2D eigenvalue weighted by atomic mass is 10.1. The Morgan fingerprint density at radius 3 is 2.69 bits per heavy atom. The van der Waals surface area contributed by atoms with E-state index < -0.39 is 4.92 Å². The number of carbonyl (C=O) groups is 1.